The maximum Gasteiger partial charge on any atom is 0.200 e. The Morgan fingerprint density at radius 1 is 1.10 bits per heavy atom. The van der Waals surface area contributed by atoms with Crippen molar-refractivity contribution in [1.82, 2.24) is 0 Å². The number of allylic oxidation sites excluding steroid dienone is 1. The summed E-state index contributed by atoms with van der Waals surface area (Å²) >= 11 is 0. The molecule has 0 saturated carbocycles. The summed E-state index contributed by atoms with van der Waals surface area (Å²) in [6, 6.07) is 8.38. The second-order valence-corrected chi connectivity index (χ2v) is 13.1. The summed E-state index contributed by atoms with van der Waals surface area (Å²) in [6.45, 7) is 10.9. The van der Waals surface area contributed by atoms with E-state index >= 15 is 0 Å². The number of rotatable bonds is 2. The lowest BCUT2D eigenvalue weighted by atomic mass is 10.2. The Hall–Kier alpha value is -1.31. The van der Waals surface area contributed by atoms with Gasteiger partial charge in [-0.15, -0.1) is 5.54 Å². The second-order valence-electron chi connectivity index (χ2n) is 6.31. The molecule has 0 heterocycles. The van der Waals surface area contributed by atoms with Gasteiger partial charge in [-0.1, -0.05) is 58.0 Å². The third kappa shape index (κ3) is 4.36. The van der Waals surface area contributed by atoms with Crippen molar-refractivity contribution in [2.45, 2.75) is 43.8 Å². The zero-order valence-electron chi connectivity index (χ0n) is 12.8. The molecule has 1 aromatic rings. The predicted octanol–water partition coefficient (Wildman–Crippen LogP) is 4.03. The first-order chi connectivity index (χ1) is 9.06. The Morgan fingerprint density at radius 3 is 2.15 bits per heavy atom. The van der Waals surface area contributed by atoms with Gasteiger partial charge in [-0.05, 0) is 23.2 Å². The lowest BCUT2D eigenvalue weighted by Crippen LogP contribution is -2.35. The van der Waals surface area contributed by atoms with Crippen LogP contribution in [-0.2, 0) is 9.84 Å². The van der Waals surface area contributed by atoms with E-state index in [0.717, 1.165) is 0 Å². The lowest BCUT2D eigenvalue weighted by molar-refractivity contribution is 0.604. The molecule has 0 aliphatic heterocycles. The molecule has 0 fully saturated rings. The standard InChI is InChI=1S/C16H22O2SSi/c1-16(2,3)20(4,5)14-10-9-13-19(17,18)15-11-7-6-8-12-15/h6-9,11-13H,1-5H3/b13-9+. The van der Waals surface area contributed by atoms with E-state index in [1.54, 1.807) is 30.3 Å². The van der Waals surface area contributed by atoms with Gasteiger partial charge in [0.15, 0.2) is 9.84 Å². The van der Waals surface area contributed by atoms with Crippen LogP contribution in [0.4, 0.5) is 0 Å². The fraction of sp³-hybridized carbons (Fsp3) is 0.375. The number of benzene rings is 1. The molecule has 4 heteroatoms. The number of hydrogen-bond donors (Lipinski definition) is 0. The average molecular weight is 307 g/mol. The zero-order chi connectivity index (χ0) is 15.4. The molecule has 0 unspecified atom stereocenters. The molecule has 0 spiro atoms. The summed E-state index contributed by atoms with van der Waals surface area (Å²) in [6.07, 6.45) is 1.45. The molecule has 20 heavy (non-hydrogen) atoms. The first-order valence-corrected chi connectivity index (χ1v) is 11.1. The predicted molar refractivity (Wildman–Crippen MR) is 87.7 cm³/mol. The van der Waals surface area contributed by atoms with E-state index < -0.39 is 17.9 Å². The van der Waals surface area contributed by atoms with Gasteiger partial charge >= 0.3 is 0 Å². The van der Waals surface area contributed by atoms with Crippen molar-refractivity contribution < 1.29 is 8.42 Å². The van der Waals surface area contributed by atoms with Crippen LogP contribution in [-0.4, -0.2) is 16.5 Å². The molecule has 2 nitrogen and oxygen atoms in total. The van der Waals surface area contributed by atoms with Crippen LogP contribution in [0, 0.1) is 11.5 Å². The van der Waals surface area contributed by atoms with Crippen molar-refractivity contribution in [3.05, 3.63) is 41.8 Å². The summed E-state index contributed by atoms with van der Waals surface area (Å²) in [5, 5.41) is 1.36. The summed E-state index contributed by atoms with van der Waals surface area (Å²) in [5.74, 6) is 2.91. The van der Waals surface area contributed by atoms with Crippen molar-refractivity contribution >= 4 is 17.9 Å². The van der Waals surface area contributed by atoms with Crippen LogP contribution in [0.5, 0.6) is 0 Å². The summed E-state index contributed by atoms with van der Waals surface area (Å²) in [4.78, 5) is 0.297. The van der Waals surface area contributed by atoms with Gasteiger partial charge in [0.25, 0.3) is 0 Å². The van der Waals surface area contributed by atoms with Crippen LogP contribution in [0.3, 0.4) is 0 Å². The van der Waals surface area contributed by atoms with Crippen molar-refractivity contribution in [1.29, 1.82) is 0 Å². The normalized spacial score (nSPS) is 13.1. The van der Waals surface area contributed by atoms with Gasteiger partial charge in [0, 0.05) is 5.41 Å². The minimum atomic E-state index is -3.38. The van der Waals surface area contributed by atoms with Gasteiger partial charge in [0.2, 0.25) is 0 Å². The fourth-order valence-electron chi connectivity index (χ4n) is 1.22. The van der Waals surface area contributed by atoms with Crippen LogP contribution in [0.25, 0.3) is 0 Å². The Bertz CT molecular complexity index is 639. The molecule has 0 amide bonds. The minimum Gasteiger partial charge on any atom is -0.219 e. The van der Waals surface area contributed by atoms with Gasteiger partial charge in [0.05, 0.1) is 4.90 Å². The highest BCUT2D eigenvalue weighted by Crippen LogP contribution is 2.35. The van der Waals surface area contributed by atoms with Gasteiger partial charge in [0.1, 0.15) is 8.07 Å². The monoisotopic (exact) mass is 306 g/mol. The van der Waals surface area contributed by atoms with Crippen LogP contribution < -0.4 is 0 Å². The quantitative estimate of drug-likeness (QED) is 0.611. The Balaban J connectivity index is 2.92. The van der Waals surface area contributed by atoms with Crippen molar-refractivity contribution in [3.8, 4) is 11.5 Å². The SMILES string of the molecule is CC(C)(C)[Si](C)(C)C#C/C=C/S(=O)(=O)c1ccccc1. The molecule has 0 aliphatic carbocycles. The van der Waals surface area contributed by atoms with E-state index in [-0.39, 0.29) is 5.04 Å². The Labute approximate surface area is 123 Å². The third-order valence-electron chi connectivity index (χ3n) is 3.66. The average Bonchev–Trinajstić information content (AvgIpc) is 2.34. The topological polar surface area (TPSA) is 34.1 Å². The molecular formula is C16H22O2SSi. The summed E-state index contributed by atoms with van der Waals surface area (Å²) < 4.78 is 24.0. The van der Waals surface area contributed by atoms with Gasteiger partial charge in [-0.25, -0.2) is 8.42 Å². The van der Waals surface area contributed by atoms with E-state index in [2.05, 4.69) is 45.3 Å². The second kappa shape index (κ2) is 5.98. The maximum absolute atomic E-state index is 12.0. The van der Waals surface area contributed by atoms with E-state index in [1.807, 2.05) is 0 Å². The van der Waals surface area contributed by atoms with E-state index in [1.165, 1.54) is 11.5 Å². The van der Waals surface area contributed by atoms with Crippen molar-refractivity contribution in [2.24, 2.45) is 0 Å². The highest BCUT2D eigenvalue weighted by atomic mass is 32.2. The minimum absolute atomic E-state index is 0.173. The highest BCUT2D eigenvalue weighted by molar-refractivity contribution is 7.94. The molecule has 0 N–H and O–H groups in total. The first-order valence-electron chi connectivity index (χ1n) is 6.56. The van der Waals surface area contributed by atoms with E-state index in [4.69, 9.17) is 0 Å². The van der Waals surface area contributed by atoms with Gasteiger partial charge in [-0.2, -0.15) is 0 Å². The van der Waals surface area contributed by atoms with Crippen LogP contribution >= 0.6 is 0 Å². The molecule has 0 bridgehead atoms. The smallest absolute Gasteiger partial charge is 0.200 e. The largest absolute Gasteiger partial charge is 0.219 e. The molecule has 0 aliphatic rings. The molecule has 0 aromatic heterocycles. The fourth-order valence-corrected chi connectivity index (χ4v) is 2.98. The Morgan fingerprint density at radius 2 is 1.65 bits per heavy atom. The van der Waals surface area contributed by atoms with E-state index in [0.29, 0.717) is 4.90 Å². The van der Waals surface area contributed by atoms with Crippen LogP contribution in [0.15, 0.2) is 46.7 Å². The van der Waals surface area contributed by atoms with Crippen LogP contribution in [0.1, 0.15) is 20.8 Å². The van der Waals surface area contributed by atoms with Crippen molar-refractivity contribution in [3.63, 3.8) is 0 Å². The third-order valence-corrected chi connectivity index (χ3v) is 9.60. The molecule has 1 aromatic carbocycles. The molecule has 0 saturated heterocycles. The molecule has 1 rings (SSSR count). The number of sulfone groups is 1. The Kier molecular flexibility index (Phi) is 5.01. The first kappa shape index (κ1) is 16.7. The zero-order valence-corrected chi connectivity index (χ0v) is 14.6. The van der Waals surface area contributed by atoms with Crippen LogP contribution in [0.2, 0.25) is 18.1 Å². The lowest BCUT2D eigenvalue weighted by Gasteiger charge is -2.31. The van der Waals surface area contributed by atoms with Gasteiger partial charge in [-0.3, -0.25) is 0 Å². The van der Waals surface area contributed by atoms with Gasteiger partial charge < -0.3 is 0 Å². The van der Waals surface area contributed by atoms with E-state index in [9.17, 15) is 8.42 Å². The molecule has 108 valence electrons. The highest BCUT2D eigenvalue weighted by Gasteiger charge is 2.33. The molecular weight excluding hydrogens is 284 g/mol. The molecule has 0 radical (unpaired) electrons. The summed E-state index contributed by atoms with van der Waals surface area (Å²) in [7, 11) is -5.07. The number of hydrogen-bond acceptors (Lipinski definition) is 2. The summed E-state index contributed by atoms with van der Waals surface area (Å²) in [5.41, 5.74) is 3.26. The molecule has 0 atom stereocenters. The maximum atomic E-state index is 12.0. The van der Waals surface area contributed by atoms with Crippen molar-refractivity contribution in [2.75, 3.05) is 0 Å².